The zero-order valence-corrected chi connectivity index (χ0v) is 9.72. The minimum atomic E-state index is -0.473. The number of esters is 1. The summed E-state index contributed by atoms with van der Waals surface area (Å²) in [5.41, 5.74) is 1.58. The van der Waals surface area contributed by atoms with Crippen LogP contribution in [0.1, 0.15) is 10.5 Å². The molecule has 1 N–H and O–H groups in total. The van der Waals surface area contributed by atoms with E-state index in [1.54, 1.807) is 18.3 Å². The fourth-order valence-electron chi connectivity index (χ4n) is 1.51. The van der Waals surface area contributed by atoms with E-state index in [1.807, 2.05) is 0 Å². The molecule has 0 bridgehead atoms. The van der Waals surface area contributed by atoms with Gasteiger partial charge in [-0.15, -0.1) is 0 Å². The van der Waals surface area contributed by atoms with Crippen molar-refractivity contribution in [2.24, 2.45) is 0 Å². The second kappa shape index (κ2) is 4.59. The Morgan fingerprint density at radius 2 is 2.06 bits per heavy atom. The standard InChI is InChI=1S/C12H9ClFNO2/c1-17-12(16)11-4-8(6-15-11)7-2-9(13)5-10(14)3-7/h2-6,15H,1H3. The lowest BCUT2D eigenvalue weighted by atomic mass is 10.1. The minimum Gasteiger partial charge on any atom is -0.464 e. The van der Waals surface area contributed by atoms with Gasteiger partial charge in [0.2, 0.25) is 0 Å². The van der Waals surface area contributed by atoms with Crippen LogP contribution >= 0.6 is 11.6 Å². The van der Waals surface area contributed by atoms with E-state index in [4.69, 9.17) is 11.6 Å². The van der Waals surface area contributed by atoms with E-state index in [1.165, 1.54) is 19.2 Å². The molecule has 0 aliphatic heterocycles. The van der Waals surface area contributed by atoms with Crippen LogP contribution in [0.15, 0.2) is 30.5 Å². The maximum atomic E-state index is 13.2. The molecule has 17 heavy (non-hydrogen) atoms. The van der Waals surface area contributed by atoms with Crippen LogP contribution in [0.3, 0.4) is 0 Å². The molecule has 3 nitrogen and oxygen atoms in total. The molecule has 0 amide bonds. The third-order valence-corrected chi connectivity index (χ3v) is 2.50. The first-order valence-corrected chi connectivity index (χ1v) is 5.21. The zero-order valence-electron chi connectivity index (χ0n) is 8.96. The van der Waals surface area contributed by atoms with Crippen LogP contribution in [0.25, 0.3) is 11.1 Å². The molecular formula is C12H9ClFNO2. The molecule has 0 unspecified atom stereocenters. The number of carbonyl (C=O) groups excluding carboxylic acids is 1. The lowest BCUT2D eigenvalue weighted by Gasteiger charge is -1.99. The highest BCUT2D eigenvalue weighted by Crippen LogP contribution is 2.25. The van der Waals surface area contributed by atoms with Crippen molar-refractivity contribution in [3.63, 3.8) is 0 Å². The number of rotatable bonds is 2. The first-order chi connectivity index (χ1) is 8.10. The lowest BCUT2D eigenvalue weighted by Crippen LogP contribution is -2.00. The van der Waals surface area contributed by atoms with Crippen molar-refractivity contribution in [2.45, 2.75) is 0 Å². The molecule has 1 aromatic heterocycles. The predicted octanol–water partition coefficient (Wildman–Crippen LogP) is 3.26. The number of halogens is 2. The van der Waals surface area contributed by atoms with E-state index in [0.717, 1.165) is 0 Å². The van der Waals surface area contributed by atoms with Gasteiger partial charge in [-0.2, -0.15) is 0 Å². The number of H-pyrrole nitrogens is 1. The Balaban J connectivity index is 2.40. The van der Waals surface area contributed by atoms with Gasteiger partial charge in [-0.1, -0.05) is 11.6 Å². The van der Waals surface area contributed by atoms with E-state index in [-0.39, 0.29) is 0 Å². The average molecular weight is 254 g/mol. The molecule has 0 fully saturated rings. The summed E-state index contributed by atoms with van der Waals surface area (Å²) >= 11 is 5.75. The highest BCUT2D eigenvalue weighted by Gasteiger charge is 2.10. The fourth-order valence-corrected chi connectivity index (χ4v) is 1.73. The number of nitrogens with one attached hydrogen (secondary N) is 1. The number of methoxy groups -OCH3 is 1. The first kappa shape index (κ1) is 11.7. The molecule has 2 aromatic rings. The first-order valence-electron chi connectivity index (χ1n) is 4.83. The van der Waals surface area contributed by atoms with Crippen molar-refractivity contribution in [1.82, 2.24) is 4.98 Å². The van der Waals surface area contributed by atoms with Crippen LogP contribution in [0.5, 0.6) is 0 Å². The summed E-state index contributed by atoms with van der Waals surface area (Å²) in [7, 11) is 1.29. The number of hydrogen-bond acceptors (Lipinski definition) is 2. The smallest absolute Gasteiger partial charge is 0.354 e. The quantitative estimate of drug-likeness (QED) is 0.835. The zero-order chi connectivity index (χ0) is 12.4. The molecule has 0 saturated heterocycles. The average Bonchev–Trinajstić information content (AvgIpc) is 2.76. The van der Waals surface area contributed by atoms with Gasteiger partial charge in [-0.3, -0.25) is 0 Å². The summed E-state index contributed by atoms with van der Waals surface area (Å²) in [6, 6.07) is 5.76. The molecule has 0 radical (unpaired) electrons. The van der Waals surface area contributed by atoms with Crippen LogP contribution in [-0.2, 0) is 4.74 Å². The molecule has 1 heterocycles. The SMILES string of the molecule is COC(=O)c1cc(-c2cc(F)cc(Cl)c2)c[nH]1. The summed E-state index contributed by atoms with van der Waals surface area (Å²) in [6.45, 7) is 0. The molecule has 2 rings (SSSR count). The fraction of sp³-hybridized carbons (Fsp3) is 0.0833. The monoisotopic (exact) mass is 253 g/mol. The Kier molecular flexibility index (Phi) is 3.15. The molecule has 0 aliphatic rings. The van der Waals surface area contributed by atoms with Gasteiger partial charge in [0.1, 0.15) is 11.5 Å². The summed E-state index contributed by atoms with van der Waals surface area (Å²) in [5.74, 6) is -0.896. The largest absolute Gasteiger partial charge is 0.464 e. The Morgan fingerprint density at radius 3 is 2.71 bits per heavy atom. The molecule has 0 aliphatic carbocycles. The highest BCUT2D eigenvalue weighted by molar-refractivity contribution is 6.30. The van der Waals surface area contributed by atoms with Crippen molar-refractivity contribution in [3.05, 3.63) is 47.0 Å². The Morgan fingerprint density at radius 1 is 1.29 bits per heavy atom. The minimum absolute atomic E-state index is 0.306. The third kappa shape index (κ3) is 2.47. The third-order valence-electron chi connectivity index (χ3n) is 2.28. The van der Waals surface area contributed by atoms with E-state index in [9.17, 15) is 9.18 Å². The van der Waals surface area contributed by atoms with Crippen molar-refractivity contribution in [2.75, 3.05) is 7.11 Å². The number of aromatic amines is 1. The van der Waals surface area contributed by atoms with Gasteiger partial charge in [0.05, 0.1) is 7.11 Å². The normalized spacial score (nSPS) is 10.3. The number of hydrogen-bond donors (Lipinski definition) is 1. The number of benzene rings is 1. The topological polar surface area (TPSA) is 42.1 Å². The predicted molar refractivity (Wildman–Crippen MR) is 62.5 cm³/mol. The Labute approximate surface area is 102 Å². The lowest BCUT2D eigenvalue weighted by molar-refractivity contribution is 0.0595. The molecule has 0 atom stereocenters. The van der Waals surface area contributed by atoms with Crippen LogP contribution in [0.4, 0.5) is 4.39 Å². The summed E-state index contributed by atoms with van der Waals surface area (Å²) < 4.78 is 17.7. The van der Waals surface area contributed by atoms with Gasteiger partial charge in [-0.25, -0.2) is 9.18 Å². The van der Waals surface area contributed by atoms with Gasteiger partial charge in [0.25, 0.3) is 0 Å². The molecule has 0 spiro atoms. The maximum absolute atomic E-state index is 13.2. The van der Waals surface area contributed by atoms with Crippen LogP contribution in [0, 0.1) is 5.82 Å². The molecule has 5 heteroatoms. The summed E-state index contributed by atoms with van der Waals surface area (Å²) in [5, 5.41) is 0.306. The van der Waals surface area contributed by atoms with Gasteiger partial charge in [-0.05, 0) is 29.8 Å². The van der Waals surface area contributed by atoms with E-state index >= 15 is 0 Å². The van der Waals surface area contributed by atoms with Crippen molar-refractivity contribution < 1.29 is 13.9 Å². The Bertz CT molecular complexity index is 545. The van der Waals surface area contributed by atoms with Crippen molar-refractivity contribution >= 4 is 17.6 Å². The number of carbonyl (C=O) groups is 1. The van der Waals surface area contributed by atoms with E-state index in [2.05, 4.69) is 9.72 Å². The molecule has 0 saturated carbocycles. The van der Waals surface area contributed by atoms with E-state index in [0.29, 0.717) is 21.8 Å². The van der Waals surface area contributed by atoms with Gasteiger partial charge in [0.15, 0.2) is 0 Å². The van der Waals surface area contributed by atoms with E-state index < -0.39 is 11.8 Å². The molecule has 88 valence electrons. The van der Waals surface area contributed by atoms with Gasteiger partial charge < -0.3 is 9.72 Å². The van der Waals surface area contributed by atoms with Crippen molar-refractivity contribution in [3.8, 4) is 11.1 Å². The van der Waals surface area contributed by atoms with Crippen LogP contribution in [-0.4, -0.2) is 18.1 Å². The second-order valence-electron chi connectivity index (χ2n) is 3.45. The van der Waals surface area contributed by atoms with Crippen molar-refractivity contribution in [1.29, 1.82) is 0 Å². The van der Waals surface area contributed by atoms with Gasteiger partial charge in [0, 0.05) is 16.8 Å². The maximum Gasteiger partial charge on any atom is 0.354 e. The van der Waals surface area contributed by atoms with Gasteiger partial charge >= 0.3 is 5.97 Å². The molecule has 1 aromatic carbocycles. The van der Waals surface area contributed by atoms with Crippen LogP contribution in [0.2, 0.25) is 5.02 Å². The summed E-state index contributed by atoms with van der Waals surface area (Å²) in [6.07, 6.45) is 1.59. The second-order valence-corrected chi connectivity index (χ2v) is 3.89. The number of ether oxygens (including phenoxy) is 1. The Hall–Kier alpha value is -1.81. The highest BCUT2D eigenvalue weighted by atomic mass is 35.5. The number of aromatic nitrogens is 1. The van der Waals surface area contributed by atoms with Crippen LogP contribution < -0.4 is 0 Å². The summed E-state index contributed by atoms with van der Waals surface area (Å²) in [4.78, 5) is 14.0. The molecular weight excluding hydrogens is 245 g/mol.